The maximum Gasteiger partial charge on any atom is 0.387 e. The van der Waals surface area contributed by atoms with Crippen molar-refractivity contribution in [2.45, 2.75) is 13.0 Å². The van der Waals surface area contributed by atoms with Gasteiger partial charge in [0.15, 0.2) is 0 Å². The molecule has 8 heteroatoms. The van der Waals surface area contributed by atoms with Gasteiger partial charge in [0.1, 0.15) is 28.9 Å². The van der Waals surface area contributed by atoms with Gasteiger partial charge in [0.2, 0.25) is 0 Å². The molecule has 0 aliphatic carbocycles. The van der Waals surface area contributed by atoms with Gasteiger partial charge in [-0.2, -0.15) is 14.0 Å². The third-order valence-electron chi connectivity index (χ3n) is 2.97. The first kappa shape index (κ1) is 17.1. The molecule has 0 spiro atoms. The summed E-state index contributed by atoms with van der Waals surface area (Å²) in [4.78, 5) is 15.3. The quantitative estimate of drug-likeness (QED) is 0.755. The molecule has 0 aliphatic heterocycles. The van der Waals surface area contributed by atoms with Crippen LogP contribution in [0.5, 0.6) is 17.2 Å². The molecule has 0 atom stereocenters. The molecule has 1 heterocycles. The van der Waals surface area contributed by atoms with Gasteiger partial charge in [-0.25, -0.2) is 0 Å². The van der Waals surface area contributed by atoms with Crippen molar-refractivity contribution in [2.24, 2.45) is 0 Å². The molecular formula is C16H12F2N2O4. The van der Waals surface area contributed by atoms with Crippen LogP contribution in [0.4, 0.5) is 8.78 Å². The SMILES string of the molecule is COC(=O)Cc1ccncc1Oc1cccc(OC(F)F)c1C#N. The van der Waals surface area contributed by atoms with Crippen LogP contribution in [0, 0.1) is 11.3 Å². The third-order valence-corrected chi connectivity index (χ3v) is 2.97. The Morgan fingerprint density at radius 2 is 2.04 bits per heavy atom. The summed E-state index contributed by atoms with van der Waals surface area (Å²) in [7, 11) is 1.25. The van der Waals surface area contributed by atoms with E-state index >= 15 is 0 Å². The molecule has 0 amide bonds. The summed E-state index contributed by atoms with van der Waals surface area (Å²) in [5.41, 5.74) is 0.284. The highest BCUT2D eigenvalue weighted by atomic mass is 19.3. The number of hydrogen-bond acceptors (Lipinski definition) is 6. The molecule has 6 nitrogen and oxygen atoms in total. The highest BCUT2D eigenvalue weighted by Gasteiger charge is 2.17. The largest absolute Gasteiger partial charge is 0.469 e. The van der Waals surface area contributed by atoms with E-state index in [2.05, 4.69) is 14.5 Å². The molecular weight excluding hydrogens is 322 g/mol. The van der Waals surface area contributed by atoms with Gasteiger partial charge in [0.05, 0.1) is 19.7 Å². The molecule has 1 aromatic heterocycles. The van der Waals surface area contributed by atoms with E-state index in [1.54, 1.807) is 12.1 Å². The van der Waals surface area contributed by atoms with E-state index < -0.39 is 12.6 Å². The third kappa shape index (κ3) is 4.16. The number of ether oxygens (including phenoxy) is 3. The number of carbonyl (C=O) groups excluding carboxylic acids is 1. The maximum atomic E-state index is 12.4. The van der Waals surface area contributed by atoms with Gasteiger partial charge in [-0.1, -0.05) is 6.07 Å². The number of esters is 1. The molecule has 0 radical (unpaired) electrons. The predicted molar refractivity (Wildman–Crippen MR) is 77.8 cm³/mol. The Morgan fingerprint density at radius 3 is 2.71 bits per heavy atom. The van der Waals surface area contributed by atoms with Crippen LogP contribution in [-0.4, -0.2) is 24.7 Å². The van der Waals surface area contributed by atoms with Crippen molar-refractivity contribution in [3.63, 3.8) is 0 Å². The van der Waals surface area contributed by atoms with Gasteiger partial charge in [0.25, 0.3) is 0 Å². The predicted octanol–water partition coefficient (Wildman–Crippen LogP) is 3.06. The van der Waals surface area contributed by atoms with Gasteiger partial charge in [0, 0.05) is 11.8 Å². The van der Waals surface area contributed by atoms with E-state index in [9.17, 15) is 18.8 Å². The average molecular weight is 334 g/mol. The lowest BCUT2D eigenvalue weighted by Gasteiger charge is -2.13. The van der Waals surface area contributed by atoms with Crippen molar-refractivity contribution in [3.8, 4) is 23.3 Å². The van der Waals surface area contributed by atoms with Crippen molar-refractivity contribution < 1.29 is 27.8 Å². The number of aromatic nitrogens is 1. The highest BCUT2D eigenvalue weighted by molar-refractivity contribution is 5.73. The molecule has 0 fully saturated rings. The molecule has 0 bridgehead atoms. The van der Waals surface area contributed by atoms with Crippen LogP contribution in [0.2, 0.25) is 0 Å². The molecule has 0 N–H and O–H groups in total. The fourth-order valence-electron chi connectivity index (χ4n) is 1.89. The summed E-state index contributed by atoms with van der Waals surface area (Å²) in [5.74, 6) is -0.576. The fraction of sp³-hybridized carbons (Fsp3) is 0.188. The lowest BCUT2D eigenvalue weighted by atomic mass is 10.1. The van der Waals surface area contributed by atoms with Crippen LogP contribution >= 0.6 is 0 Å². The monoisotopic (exact) mass is 334 g/mol. The van der Waals surface area contributed by atoms with Crippen molar-refractivity contribution in [2.75, 3.05) is 7.11 Å². The Bertz CT molecular complexity index is 775. The summed E-state index contributed by atoms with van der Waals surface area (Å²) in [5, 5.41) is 9.20. The van der Waals surface area contributed by atoms with Gasteiger partial charge >= 0.3 is 12.6 Å². The molecule has 2 rings (SSSR count). The second-order valence-corrected chi connectivity index (χ2v) is 4.46. The minimum atomic E-state index is -3.07. The van der Waals surface area contributed by atoms with Crippen molar-refractivity contribution >= 4 is 5.97 Å². The lowest BCUT2D eigenvalue weighted by Crippen LogP contribution is -2.07. The average Bonchev–Trinajstić information content (AvgIpc) is 2.56. The lowest BCUT2D eigenvalue weighted by molar-refractivity contribution is -0.139. The Hall–Kier alpha value is -3.21. The van der Waals surface area contributed by atoms with Gasteiger partial charge in [-0.05, 0) is 18.2 Å². The van der Waals surface area contributed by atoms with Crippen molar-refractivity contribution in [1.82, 2.24) is 4.98 Å². The summed E-state index contributed by atoms with van der Waals surface area (Å²) < 4.78 is 39.3. The van der Waals surface area contributed by atoms with Crippen LogP contribution in [0.1, 0.15) is 11.1 Å². The molecule has 124 valence electrons. The molecule has 1 aromatic carbocycles. The number of nitriles is 1. The Kier molecular flexibility index (Phi) is 5.63. The minimum Gasteiger partial charge on any atom is -0.469 e. The number of hydrogen-bond donors (Lipinski definition) is 0. The second-order valence-electron chi connectivity index (χ2n) is 4.46. The first-order chi connectivity index (χ1) is 11.5. The van der Waals surface area contributed by atoms with Crippen LogP contribution in [0.15, 0.2) is 36.7 Å². The Morgan fingerprint density at radius 1 is 1.29 bits per heavy atom. The Balaban J connectivity index is 2.35. The molecule has 0 saturated carbocycles. The zero-order valence-electron chi connectivity index (χ0n) is 12.5. The summed E-state index contributed by atoms with van der Waals surface area (Å²) in [6.07, 6.45) is 2.75. The first-order valence-corrected chi connectivity index (χ1v) is 6.70. The topological polar surface area (TPSA) is 81.4 Å². The first-order valence-electron chi connectivity index (χ1n) is 6.70. The highest BCUT2D eigenvalue weighted by Crippen LogP contribution is 2.33. The summed E-state index contributed by atoms with van der Waals surface area (Å²) in [6.45, 7) is -3.07. The number of rotatable bonds is 6. The zero-order chi connectivity index (χ0) is 17.5. The van der Waals surface area contributed by atoms with Crippen LogP contribution in [0.25, 0.3) is 0 Å². The Labute approximate surface area is 136 Å². The van der Waals surface area contributed by atoms with E-state index in [0.717, 1.165) is 0 Å². The number of carbonyl (C=O) groups is 1. The van der Waals surface area contributed by atoms with E-state index in [0.29, 0.717) is 5.56 Å². The fourth-order valence-corrected chi connectivity index (χ4v) is 1.89. The van der Waals surface area contributed by atoms with E-state index in [1.165, 1.54) is 37.7 Å². The molecule has 0 saturated heterocycles. The minimum absolute atomic E-state index is 0.00904. The van der Waals surface area contributed by atoms with Crippen LogP contribution < -0.4 is 9.47 Å². The van der Waals surface area contributed by atoms with Crippen molar-refractivity contribution in [3.05, 3.63) is 47.8 Å². The molecule has 0 aliphatic rings. The molecule has 0 unspecified atom stereocenters. The number of benzene rings is 1. The van der Waals surface area contributed by atoms with Gasteiger partial charge < -0.3 is 14.2 Å². The van der Waals surface area contributed by atoms with Gasteiger partial charge in [-0.3, -0.25) is 9.78 Å². The van der Waals surface area contributed by atoms with E-state index in [4.69, 9.17) is 4.74 Å². The number of pyridine rings is 1. The van der Waals surface area contributed by atoms with E-state index in [1.807, 2.05) is 0 Å². The number of halogens is 2. The summed E-state index contributed by atoms with van der Waals surface area (Å²) in [6, 6.07) is 7.38. The number of nitrogens with zero attached hydrogens (tertiary/aromatic N) is 2. The summed E-state index contributed by atoms with van der Waals surface area (Å²) >= 11 is 0. The molecule has 2 aromatic rings. The number of alkyl halides is 2. The normalized spacial score (nSPS) is 10.1. The van der Waals surface area contributed by atoms with Gasteiger partial charge in [-0.15, -0.1) is 0 Å². The smallest absolute Gasteiger partial charge is 0.387 e. The zero-order valence-corrected chi connectivity index (χ0v) is 12.5. The van der Waals surface area contributed by atoms with Crippen molar-refractivity contribution in [1.29, 1.82) is 5.26 Å². The van der Waals surface area contributed by atoms with Crippen LogP contribution in [-0.2, 0) is 16.0 Å². The maximum absolute atomic E-state index is 12.4. The second kappa shape index (κ2) is 7.87. The molecule has 24 heavy (non-hydrogen) atoms. The standard InChI is InChI=1S/C16H12F2N2O4/c1-22-15(21)7-10-5-6-20-9-14(10)23-12-3-2-4-13(11(12)8-19)24-16(17)18/h2-6,9,16H,7H2,1H3. The van der Waals surface area contributed by atoms with Crippen LogP contribution in [0.3, 0.4) is 0 Å². The number of methoxy groups -OCH3 is 1. The van der Waals surface area contributed by atoms with E-state index in [-0.39, 0.29) is 29.2 Å².